The number of benzene rings is 2. The van der Waals surface area contributed by atoms with Gasteiger partial charge in [0.05, 0.1) is 0 Å². The van der Waals surface area contributed by atoms with E-state index in [0.717, 1.165) is 9.41 Å². The zero-order valence-electron chi connectivity index (χ0n) is 22.8. The summed E-state index contributed by atoms with van der Waals surface area (Å²) in [4.78, 5) is 0. The SMILES string of the molecule is Cc1cc(C)c(-n2cc3cccc(-c4c(C(C)C)cc(C(C)C)cc4C(C)C)n3[c]2=[Pd-2]([Cl])[Cl])c(C)c1. The van der Waals surface area contributed by atoms with Gasteiger partial charge in [-0.3, -0.25) is 0 Å². The Kier molecular flexibility index (Phi) is 8.09. The third-order valence-electron chi connectivity index (χ3n) is 7.01. The molecule has 0 fully saturated rings. The Morgan fingerprint density at radius 3 is 1.78 bits per heavy atom. The molecule has 198 valence electrons. The molecule has 5 heteroatoms. The van der Waals surface area contributed by atoms with Gasteiger partial charge in [-0.25, -0.2) is 0 Å². The second kappa shape index (κ2) is 10.6. The Hall–Kier alpha value is -1.63. The predicted molar refractivity (Wildman–Crippen MR) is 154 cm³/mol. The van der Waals surface area contributed by atoms with E-state index in [2.05, 4.69) is 120 Å². The molecule has 0 saturated heterocycles. The fourth-order valence-corrected chi connectivity index (χ4v) is 7.89. The van der Waals surface area contributed by atoms with Crippen molar-refractivity contribution in [3.05, 3.63) is 85.9 Å². The maximum atomic E-state index is 6.89. The van der Waals surface area contributed by atoms with Crippen molar-refractivity contribution in [2.75, 3.05) is 0 Å². The number of rotatable bonds is 5. The van der Waals surface area contributed by atoms with Crippen LogP contribution < -0.4 is 0 Å². The molecular weight excluding hydrogens is 578 g/mol. The summed E-state index contributed by atoms with van der Waals surface area (Å²) in [6, 6.07) is 15.8. The van der Waals surface area contributed by atoms with Crippen molar-refractivity contribution in [2.45, 2.75) is 80.1 Å². The van der Waals surface area contributed by atoms with Gasteiger partial charge in [-0.2, -0.15) is 0 Å². The van der Waals surface area contributed by atoms with E-state index in [-0.39, 0.29) is 0 Å². The molecule has 4 aromatic rings. The molecule has 0 aliphatic heterocycles. The molecule has 0 unspecified atom stereocenters. The molecule has 0 atom stereocenters. The topological polar surface area (TPSA) is 9.34 Å². The van der Waals surface area contributed by atoms with Crippen LogP contribution in [-0.2, 0) is 14.3 Å². The first-order valence-electron chi connectivity index (χ1n) is 12.7. The number of halogens is 2. The molecule has 4 rings (SSSR count). The van der Waals surface area contributed by atoms with E-state index in [1.54, 1.807) is 0 Å². The van der Waals surface area contributed by atoms with Gasteiger partial charge < -0.3 is 0 Å². The molecule has 2 aromatic heterocycles. The number of hydrogen-bond acceptors (Lipinski definition) is 0. The first kappa shape index (κ1) is 27.4. The standard InChI is InChI=1S/C31H38N2.2ClH.Pd/c1-19(2)25-15-27(20(3)4)30(28(16-25)21(5)6)29-12-10-11-26-17-32(18-33(26)29)31-23(8)13-22(7)14-24(31)9;;;/h10-17,19-21H,1-9H3;2*1H;/p-2. The molecular formula is C31H38Cl2N2Pd-2. The first-order chi connectivity index (χ1) is 16.9. The summed E-state index contributed by atoms with van der Waals surface area (Å²) in [7, 11) is 13.8. The Balaban J connectivity index is 2.20. The van der Waals surface area contributed by atoms with Crippen molar-refractivity contribution in [3.8, 4) is 16.9 Å². The Morgan fingerprint density at radius 1 is 0.750 bits per heavy atom. The fourth-order valence-electron chi connectivity index (χ4n) is 5.37. The average Bonchev–Trinajstić information content (AvgIpc) is 3.16. The van der Waals surface area contributed by atoms with Crippen LogP contribution in [0.5, 0.6) is 0 Å². The fraction of sp³-hybridized carbons (Fsp3) is 0.387. The molecule has 36 heavy (non-hydrogen) atoms. The third kappa shape index (κ3) is 4.93. The van der Waals surface area contributed by atoms with Crippen LogP contribution in [0.25, 0.3) is 22.5 Å². The van der Waals surface area contributed by atoms with Crippen LogP contribution in [0.4, 0.5) is 0 Å². The van der Waals surface area contributed by atoms with Gasteiger partial charge in [-0.1, -0.05) is 0 Å². The van der Waals surface area contributed by atoms with Gasteiger partial charge in [-0.05, 0) is 0 Å². The van der Waals surface area contributed by atoms with Crippen LogP contribution >= 0.6 is 19.1 Å². The quantitative estimate of drug-likeness (QED) is 0.198. The van der Waals surface area contributed by atoms with Gasteiger partial charge >= 0.3 is 231 Å². The minimum atomic E-state index is -2.03. The van der Waals surface area contributed by atoms with Crippen molar-refractivity contribution < 1.29 is 14.3 Å². The van der Waals surface area contributed by atoms with Crippen LogP contribution in [0.3, 0.4) is 0 Å². The molecule has 0 amide bonds. The number of hydrogen-bond donors (Lipinski definition) is 0. The summed E-state index contributed by atoms with van der Waals surface area (Å²) >= 11 is -2.03. The molecule has 2 aromatic carbocycles. The van der Waals surface area contributed by atoms with Gasteiger partial charge in [0.15, 0.2) is 0 Å². The molecule has 0 spiro atoms. The van der Waals surface area contributed by atoms with E-state index < -0.39 is 14.3 Å². The monoisotopic (exact) mass is 614 g/mol. The summed E-state index contributed by atoms with van der Waals surface area (Å²) in [6.45, 7) is 20.2. The number of aryl methyl sites for hydroxylation is 3. The van der Waals surface area contributed by atoms with Gasteiger partial charge in [0.2, 0.25) is 0 Å². The van der Waals surface area contributed by atoms with Crippen LogP contribution in [0, 0.1) is 24.7 Å². The van der Waals surface area contributed by atoms with Crippen LogP contribution in [0.1, 0.15) is 92.7 Å². The van der Waals surface area contributed by atoms with Gasteiger partial charge in [-0.15, -0.1) is 0 Å². The zero-order chi connectivity index (χ0) is 26.5. The van der Waals surface area contributed by atoms with E-state index in [1.807, 2.05) is 0 Å². The minimum absolute atomic E-state index is 0.386. The van der Waals surface area contributed by atoms with E-state index in [4.69, 9.17) is 19.1 Å². The molecule has 2 nitrogen and oxygen atoms in total. The van der Waals surface area contributed by atoms with Crippen molar-refractivity contribution in [1.29, 1.82) is 0 Å². The normalized spacial score (nSPS) is 12.4. The first-order valence-corrected chi connectivity index (χ1v) is 17.5. The molecule has 0 aliphatic rings. The molecule has 0 N–H and O–H groups in total. The van der Waals surface area contributed by atoms with E-state index in [9.17, 15) is 0 Å². The van der Waals surface area contributed by atoms with Crippen LogP contribution in [0.2, 0.25) is 0 Å². The predicted octanol–water partition coefficient (Wildman–Crippen LogP) is 10.2. The van der Waals surface area contributed by atoms with Gasteiger partial charge in [0, 0.05) is 0 Å². The Bertz CT molecular complexity index is 1460. The van der Waals surface area contributed by atoms with E-state index >= 15 is 0 Å². The van der Waals surface area contributed by atoms with Crippen molar-refractivity contribution >= 4 is 24.6 Å². The van der Waals surface area contributed by atoms with Gasteiger partial charge in [0.25, 0.3) is 0 Å². The summed E-state index contributed by atoms with van der Waals surface area (Å²) in [5.74, 6) is 1.25. The summed E-state index contributed by atoms with van der Waals surface area (Å²) in [6.07, 6.45) is 2.20. The van der Waals surface area contributed by atoms with Crippen LogP contribution in [0.15, 0.2) is 48.7 Å². The average molecular weight is 616 g/mol. The molecule has 0 radical (unpaired) electrons. The maximum absolute atomic E-state index is 6.89. The third-order valence-corrected chi connectivity index (χ3v) is 9.52. The second-order valence-corrected chi connectivity index (χ2v) is 15.9. The van der Waals surface area contributed by atoms with E-state index in [0.29, 0.717) is 17.8 Å². The number of imidazole rings is 1. The van der Waals surface area contributed by atoms with Crippen LogP contribution in [-0.4, -0.2) is 8.97 Å². The number of fused-ring (bicyclic) bond motifs is 1. The Morgan fingerprint density at radius 2 is 1.31 bits per heavy atom. The Labute approximate surface area is 229 Å². The summed E-state index contributed by atoms with van der Waals surface area (Å²) in [5, 5.41) is 0. The second-order valence-electron chi connectivity index (χ2n) is 10.9. The molecule has 0 saturated carbocycles. The van der Waals surface area contributed by atoms with Gasteiger partial charge in [0.1, 0.15) is 0 Å². The zero-order valence-corrected chi connectivity index (χ0v) is 25.9. The molecule has 0 aliphatic carbocycles. The molecule has 2 heterocycles. The number of aromatic nitrogens is 2. The number of pyridine rings is 1. The van der Waals surface area contributed by atoms with Crippen molar-refractivity contribution in [3.63, 3.8) is 0 Å². The summed E-state index contributed by atoms with van der Waals surface area (Å²) in [5.41, 5.74) is 12.6. The number of nitrogens with zero attached hydrogens (tertiary/aromatic N) is 2. The van der Waals surface area contributed by atoms with Crippen molar-refractivity contribution in [2.24, 2.45) is 0 Å². The molecule has 0 bridgehead atoms. The van der Waals surface area contributed by atoms with E-state index in [1.165, 1.54) is 50.3 Å². The summed E-state index contributed by atoms with van der Waals surface area (Å²) < 4.78 is 5.54. The van der Waals surface area contributed by atoms with Crippen molar-refractivity contribution in [1.82, 2.24) is 8.97 Å².